The van der Waals surface area contributed by atoms with E-state index in [-0.39, 0.29) is 0 Å². The molecule has 0 bridgehead atoms. The van der Waals surface area contributed by atoms with Crippen molar-refractivity contribution in [3.63, 3.8) is 0 Å². The summed E-state index contributed by atoms with van der Waals surface area (Å²) < 4.78 is 2.35. The standard InChI is InChI=1S/C10H16N2/c1-8(2)10-9-4-3-6-12(9)7-5-11-10/h3-4,6,8,10-11H,5,7H2,1-2H3/t10-/m0/s1. The maximum absolute atomic E-state index is 3.54. The molecule has 0 fully saturated rings. The summed E-state index contributed by atoms with van der Waals surface area (Å²) >= 11 is 0. The van der Waals surface area contributed by atoms with E-state index in [1.54, 1.807) is 0 Å². The van der Waals surface area contributed by atoms with Crippen molar-refractivity contribution in [1.29, 1.82) is 0 Å². The van der Waals surface area contributed by atoms with Crippen LogP contribution in [0.1, 0.15) is 25.6 Å². The zero-order valence-electron chi connectivity index (χ0n) is 7.75. The Bertz CT molecular complexity index is 263. The summed E-state index contributed by atoms with van der Waals surface area (Å²) in [6.45, 7) is 6.75. The SMILES string of the molecule is CC(C)[C@@H]1NCCn2cccc21. The van der Waals surface area contributed by atoms with Gasteiger partial charge in [-0.2, -0.15) is 0 Å². The van der Waals surface area contributed by atoms with Crippen LogP contribution in [0, 0.1) is 5.92 Å². The van der Waals surface area contributed by atoms with E-state index >= 15 is 0 Å². The molecule has 1 aromatic rings. The third kappa shape index (κ3) is 1.16. The van der Waals surface area contributed by atoms with Crippen molar-refractivity contribution in [3.8, 4) is 0 Å². The first kappa shape index (κ1) is 7.87. The van der Waals surface area contributed by atoms with Crippen LogP contribution < -0.4 is 5.32 Å². The van der Waals surface area contributed by atoms with Gasteiger partial charge in [0.05, 0.1) is 0 Å². The van der Waals surface area contributed by atoms with Crippen molar-refractivity contribution in [2.75, 3.05) is 6.54 Å². The lowest BCUT2D eigenvalue weighted by atomic mass is 10.00. The van der Waals surface area contributed by atoms with Crippen LogP contribution in [0.5, 0.6) is 0 Å². The van der Waals surface area contributed by atoms with Crippen LogP contribution in [0.2, 0.25) is 0 Å². The summed E-state index contributed by atoms with van der Waals surface area (Å²) in [5, 5.41) is 3.54. The number of fused-ring (bicyclic) bond motifs is 1. The van der Waals surface area contributed by atoms with E-state index in [4.69, 9.17) is 0 Å². The van der Waals surface area contributed by atoms with E-state index in [2.05, 4.69) is 42.1 Å². The van der Waals surface area contributed by atoms with Crippen LogP contribution in [0.15, 0.2) is 18.3 Å². The summed E-state index contributed by atoms with van der Waals surface area (Å²) in [4.78, 5) is 0. The maximum Gasteiger partial charge on any atom is 0.0498 e. The highest BCUT2D eigenvalue weighted by Gasteiger charge is 2.21. The van der Waals surface area contributed by atoms with Gasteiger partial charge in [0.2, 0.25) is 0 Å². The number of hydrogen-bond acceptors (Lipinski definition) is 1. The molecule has 0 saturated carbocycles. The molecule has 1 atom stereocenters. The van der Waals surface area contributed by atoms with E-state index in [0.29, 0.717) is 12.0 Å². The van der Waals surface area contributed by atoms with Crippen molar-refractivity contribution in [3.05, 3.63) is 24.0 Å². The molecule has 0 aliphatic carbocycles. The summed E-state index contributed by atoms with van der Waals surface area (Å²) in [7, 11) is 0. The Morgan fingerprint density at radius 2 is 2.42 bits per heavy atom. The number of aromatic nitrogens is 1. The van der Waals surface area contributed by atoms with Crippen LogP contribution in [0.4, 0.5) is 0 Å². The predicted octanol–water partition coefficient (Wildman–Crippen LogP) is 1.79. The van der Waals surface area contributed by atoms with Crippen LogP contribution >= 0.6 is 0 Å². The fourth-order valence-corrected chi connectivity index (χ4v) is 1.94. The summed E-state index contributed by atoms with van der Waals surface area (Å²) in [5.41, 5.74) is 1.44. The van der Waals surface area contributed by atoms with Gasteiger partial charge < -0.3 is 9.88 Å². The second-order valence-electron chi connectivity index (χ2n) is 3.80. The highest BCUT2D eigenvalue weighted by molar-refractivity contribution is 5.14. The van der Waals surface area contributed by atoms with E-state index in [9.17, 15) is 0 Å². The Morgan fingerprint density at radius 1 is 1.58 bits per heavy atom. The molecule has 0 radical (unpaired) electrons. The maximum atomic E-state index is 3.54. The Labute approximate surface area is 73.6 Å². The minimum absolute atomic E-state index is 0.550. The minimum Gasteiger partial charge on any atom is -0.349 e. The Balaban J connectivity index is 2.31. The van der Waals surface area contributed by atoms with Gasteiger partial charge in [0, 0.05) is 31.0 Å². The molecule has 0 aromatic carbocycles. The Hall–Kier alpha value is -0.760. The number of rotatable bonds is 1. The van der Waals surface area contributed by atoms with Crippen molar-refractivity contribution >= 4 is 0 Å². The van der Waals surface area contributed by atoms with Gasteiger partial charge in [-0.25, -0.2) is 0 Å². The van der Waals surface area contributed by atoms with Gasteiger partial charge in [-0.1, -0.05) is 13.8 Å². The molecule has 0 saturated heterocycles. The van der Waals surface area contributed by atoms with Crippen molar-refractivity contribution in [1.82, 2.24) is 9.88 Å². The topological polar surface area (TPSA) is 17.0 Å². The Kier molecular flexibility index (Phi) is 1.93. The molecule has 2 heterocycles. The molecule has 1 N–H and O–H groups in total. The van der Waals surface area contributed by atoms with Gasteiger partial charge in [0.25, 0.3) is 0 Å². The molecule has 0 amide bonds. The lowest BCUT2D eigenvalue weighted by molar-refractivity contribution is 0.347. The van der Waals surface area contributed by atoms with Crippen molar-refractivity contribution in [2.45, 2.75) is 26.4 Å². The zero-order chi connectivity index (χ0) is 8.55. The average molecular weight is 164 g/mol. The van der Waals surface area contributed by atoms with E-state index < -0.39 is 0 Å². The molecule has 2 rings (SSSR count). The molecule has 2 nitrogen and oxygen atoms in total. The van der Waals surface area contributed by atoms with Crippen molar-refractivity contribution < 1.29 is 0 Å². The monoisotopic (exact) mass is 164 g/mol. The molecular weight excluding hydrogens is 148 g/mol. The van der Waals surface area contributed by atoms with E-state index in [1.807, 2.05) is 0 Å². The van der Waals surface area contributed by atoms with Crippen LogP contribution in [-0.4, -0.2) is 11.1 Å². The number of nitrogens with zero attached hydrogens (tertiary/aromatic N) is 1. The summed E-state index contributed by atoms with van der Waals surface area (Å²) in [6, 6.07) is 4.91. The minimum atomic E-state index is 0.550. The highest BCUT2D eigenvalue weighted by atomic mass is 15.1. The van der Waals surface area contributed by atoms with E-state index in [0.717, 1.165) is 13.1 Å². The zero-order valence-corrected chi connectivity index (χ0v) is 7.75. The normalized spacial score (nSPS) is 22.8. The largest absolute Gasteiger partial charge is 0.349 e. The molecule has 12 heavy (non-hydrogen) atoms. The van der Waals surface area contributed by atoms with E-state index in [1.165, 1.54) is 5.69 Å². The predicted molar refractivity (Wildman–Crippen MR) is 50.0 cm³/mol. The quantitative estimate of drug-likeness (QED) is 0.669. The third-order valence-electron chi connectivity index (χ3n) is 2.57. The summed E-state index contributed by atoms with van der Waals surface area (Å²) in [6.07, 6.45) is 2.17. The van der Waals surface area contributed by atoms with Gasteiger partial charge in [-0.05, 0) is 18.1 Å². The fraction of sp³-hybridized carbons (Fsp3) is 0.600. The van der Waals surface area contributed by atoms with Crippen molar-refractivity contribution in [2.24, 2.45) is 5.92 Å². The second kappa shape index (κ2) is 2.94. The average Bonchev–Trinajstić information content (AvgIpc) is 2.49. The lowest BCUT2D eigenvalue weighted by Crippen LogP contribution is -2.35. The smallest absolute Gasteiger partial charge is 0.0498 e. The summed E-state index contributed by atoms with van der Waals surface area (Å²) in [5.74, 6) is 0.680. The number of nitrogens with one attached hydrogen (secondary N) is 1. The van der Waals surface area contributed by atoms with Gasteiger partial charge in [-0.15, -0.1) is 0 Å². The van der Waals surface area contributed by atoms with Gasteiger partial charge >= 0.3 is 0 Å². The van der Waals surface area contributed by atoms with Crippen LogP contribution in [0.25, 0.3) is 0 Å². The molecular formula is C10H16N2. The molecule has 0 spiro atoms. The van der Waals surface area contributed by atoms with Gasteiger partial charge in [-0.3, -0.25) is 0 Å². The Morgan fingerprint density at radius 3 is 3.17 bits per heavy atom. The second-order valence-corrected chi connectivity index (χ2v) is 3.80. The van der Waals surface area contributed by atoms with Gasteiger partial charge in [0.1, 0.15) is 0 Å². The third-order valence-corrected chi connectivity index (χ3v) is 2.57. The molecule has 0 unspecified atom stereocenters. The molecule has 2 heteroatoms. The van der Waals surface area contributed by atoms with Gasteiger partial charge in [0.15, 0.2) is 0 Å². The van der Waals surface area contributed by atoms with Crippen LogP contribution in [-0.2, 0) is 6.54 Å². The molecule has 66 valence electrons. The molecule has 1 aliphatic heterocycles. The fourth-order valence-electron chi connectivity index (χ4n) is 1.94. The highest BCUT2D eigenvalue weighted by Crippen LogP contribution is 2.24. The van der Waals surface area contributed by atoms with Crippen LogP contribution in [0.3, 0.4) is 0 Å². The first-order chi connectivity index (χ1) is 5.79. The molecule has 1 aliphatic rings. The number of hydrogen-bond donors (Lipinski definition) is 1. The molecule has 1 aromatic heterocycles. The first-order valence-corrected chi connectivity index (χ1v) is 4.67. The lowest BCUT2D eigenvalue weighted by Gasteiger charge is -2.29. The first-order valence-electron chi connectivity index (χ1n) is 4.67.